The molecule has 0 aliphatic carbocycles. The van der Waals surface area contributed by atoms with E-state index in [4.69, 9.17) is 10.2 Å². The second-order valence-corrected chi connectivity index (χ2v) is 8.52. The van der Waals surface area contributed by atoms with E-state index in [1.54, 1.807) is 0 Å². The summed E-state index contributed by atoms with van der Waals surface area (Å²) >= 11 is 6.30. The molecule has 10 heavy (non-hydrogen) atoms. The van der Waals surface area contributed by atoms with Crippen LogP contribution in [-0.2, 0) is 0 Å². The van der Waals surface area contributed by atoms with Gasteiger partial charge < -0.3 is 10.2 Å². The van der Waals surface area contributed by atoms with Crippen molar-refractivity contribution in [1.82, 2.24) is 0 Å². The van der Waals surface area contributed by atoms with Gasteiger partial charge in [0.2, 0.25) is 0 Å². The predicted octanol–water partition coefficient (Wildman–Crippen LogP) is 3.68. The van der Waals surface area contributed by atoms with Crippen molar-refractivity contribution in [3.63, 3.8) is 0 Å². The van der Waals surface area contributed by atoms with E-state index in [9.17, 15) is 0 Å². The van der Waals surface area contributed by atoms with Crippen LogP contribution in [0.2, 0.25) is 0 Å². The highest BCUT2D eigenvalue weighted by molar-refractivity contribution is 14.2. The highest BCUT2D eigenvalue weighted by Crippen LogP contribution is 2.42. The molecule has 0 aromatic heterocycles. The SMILES string of the molecule is CCC(I)(I)C(I)=C(O)O. The van der Waals surface area contributed by atoms with Gasteiger partial charge in [-0.1, -0.05) is 52.1 Å². The first-order chi connectivity index (χ1) is 4.41. The summed E-state index contributed by atoms with van der Waals surface area (Å²) in [5.41, 5.74) is 0. The van der Waals surface area contributed by atoms with Gasteiger partial charge in [0.05, 0.1) is 3.58 Å². The van der Waals surface area contributed by atoms with Crippen molar-refractivity contribution in [3.8, 4) is 0 Å². The first kappa shape index (κ1) is 11.5. The Labute approximate surface area is 101 Å². The maximum Gasteiger partial charge on any atom is 0.286 e. The number of halogens is 3. The molecule has 0 spiro atoms. The molecule has 0 unspecified atom stereocenters. The molecule has 0 saturated heterocycles. The third-order valence-corrected chi connectivity index (χ3v) is 7.03. The van der Waals surface area contributed by atoms with Gasteiger partial charge >= 0.3 is 0 Å². The van der Waals surface area contributed by atoms with Crippen LogP contribution in [-0.4, -0.2) is 11.6 Å². The lowest BCUT2D eigenvalue weighted by Crippen LogP contribution is -2.10. The van der Waals surface area contributed by atoms with Gasteiger partial charge in [0.15, 0.2) is 0 Å². The molecule has 2 N–H and O–H groups in total. The second kappa shape index (κ2) is 4.53. The summed E-state index contributed by atoms with van der Waals surface area (Å²) < 4.78 is 0.420. The Hall–Kier alpha value is 1.53. The molecule has 0 saturated carbocycles. The van der Waals surface area contributed by atoms with Gasteiger partial charge in [-0.2, -0.15) is 0 Å². The van der Waals surface area contributed by atoms with Crippen LogP contribution >= 0.6 is 67.8 Å². The molecule has 0 radical (unpaired) electrons. The van der Waals surface area contributed by atoms with Gasteiger partial charge in [0.25, 0.3) is 5.95 Å². The maximum atomic E-state index is 8.71. The molecule has 0 aromatic rings. The summed E-state index contributed by atoms with van der Waals surface area (Å²) in [5.74, 6) is -0.564. The number of hydrogen-bond donors (Lipinski definition) is 2. The van der Waals surface area contributed by atoms with Crippen molar-refractivity contribution in [3.05, 3.63) is 9.53 Å². The molecule has 0 aliphatic heterocycles. The summed E-state index contributed by atoms with van der Waals surface area (Å²) in [4.78, 5) is 0. The van der Waals surface area contributed by atoms with Crippen LogP contribution in [0.15, 0.2) is 9.53 Å². The summed E-state index contributed by atoms with van der Waals surface area (Å²) in [6, 6.07) is 0. The van der Waals surface area contributed by atoms with Crippen molar-refractivity contribution in [1.29, 1.82) is 0 Å². The molecule has 0 aromatic carbocycles. The maximum absolute atomic E-state index is 8.71. The molecule has 0 fully saturated rings. The van der Waals surface area contributed by atoms with Crippen LogP contribution in [0.4, 0.5) is 0 Å². The van der Waals surface area contributed by atoms with E-state index < -0.39 is 5.95 Å². The Bertz CT molecular complexity index is 149. The molecule has 0 rings (SSSR count). The average Bonchev–Trinajstić information content (AvgIpc) is 1.86. The molecule has 0 aliphatic rings. The number of alkyl halides is 2. The molecule has 60 valence electrons. The van der Waals surface area contributed by atoms with Gasteiger partial charge in [0, 0.05) is 0 Å². The Balaban J connectivity index is 4.49. The predicted molar refractivity (Wildman–Crippen MR) is 67.4 cm³/mol. The highest BCUT2D eigenvalue weighted by Gasteiger charge is 2.27. The topological polar surface area (TPSA) is 40.5 Å². The van der Waals surface area contributed by atoms with Crippen LogP contribution in [0.1, 0.15) is 13.3 Å². The van der Waals surface area contributed by atoms with E-state index in [0.29, 0.717) is 3.58 Å². The summed E-state index contributed by atoms with van der Waals surface area (Å²) in [5, 5.41) is 17.4. The zero-order chi connectivity index (χ0) is 8.36. The van der Waals surface area contributed by atoms with E-state index in [0.717, 1.165) is 6.42 Å². The van der Waals surface area contributed by atoms with Crippen LogP contribution in [0, 0.1) is 0 Å². The van der Waals surface area contributed by atoms with Crippen molar-refractivity contribution >= 4 is 67.8 Å². The van der Waals surface area contributed by atoms with Crippen molar-refractivity contribution in [2.45, 2.75) is 14.8 Å². The summed E-state index contributed by atoms with van der Waals surface area (Å²) in [6.07, 6.45) is 0.872. The fraction of sp³-hybridized carbons (Fsp3) is 0.600. The zero-order valence-electron chi connectivity index (χ0n) is 5.24. The Morgan fingerprint density at radius 2 is 1.80 bits per heavy atom. The molecule has 0 amide bonds. The lowest BCUT2D eigenvalue weighted by atomic mass is 10.3. The quantitative estimate of drug-likeness (QED) is 0.360. The molecule has 2 nitrogen and oxygen atoms in total. The first-order valence-electron chi connectivity index (χ1n) is 2.57. The fourth-order valence-corrected chi connectivity index (χ4v) is 1.18. The number of aliphatic hydroxyl groups excluding tert-OH is 1. The number of aliphatic hydroxyl groups is 2. The monoisotopic (exact) mass is 480 g/mol. The van der Waals surface area contributed by atoms with Gasteiger partial charge in [0.1, 0.15) is 1.43 Å². The van der Waals surface area contributed by atoms with Crippen molar-refractivity contribution in [2.24, 2.45) is 0 Å². The molecular formula is C5H7I3O2. The summed E-state index contributed by atoms with van der Waals surface area (Å²) in [7, 11) is 0. The standard InChI is InChI=1S/C5H7I3O2/c1-2-5(7,8)3(6)4(9)10/h9-10H,2H2,1H3. The number of allylic oxidation sites excluding steroid dienone is 1. The Morgan fingerprint density at radius 1 is 1.40 bits per heavy atom. The second-order valence-electron chi connectivity index (χ2n) is 1.70. The lowest BCUT2D eigenvalue weighted by Gasteiger charge is -2.16. The van der Waals surface area contributed by atoms with E-state index in [1.165, 1.54) is 0 Å². The minimum absolute atomic E-state index is 0.172. The van der Waals surface area contributed by atoms with Gasteiger partial charge in [-0.05, 0) is 29.0 Å². The van der Waals surface area contributed by atoms with Crippen LogP contribution in [0.3, 0.4) is 0 Å². The van der Waals surface area contributed by atoms with E-state index in [2.05, 4.69) is 45.2 Å². The van der Waals surface area contributed by atoms with Gasteiger partial charge in [-0.25, -0.2) is 0 Å². The molecule has 0 bridgehead atoms. The van der Waals surface area contributed by atoms with E-state index in [1.807, 2.05) is 29.5 Å². The van der Waals surface area contributed by atoms with Crippen LogP contribution in [0.25, 0.3) is 0 Å². The van der Waals surface area contributed by atoms with Gasteiger partial charge in [-0.15, -0.1) is 0 Å². The molecule has 0 atom stereocenters. The third-order valence-electron chi connectivity index (χ3n) is 0.961. The molecular weight excluding hydrogens is 473 g/mol. The normalized spacial score (nSPS) is 11.2. The zero-order valence-corrected chi connectivity index (χ0v) is 11.7. The van der Waals surface area contributed by atoms with Gasteiger partial charge in [-0.3, -0.25) is 0 Å². The summed E-state index contributed by atoms with van der Waals surface area (Å²) in [6.45, 7) is 2.00. The Morgan fingerprint density at radius 3 is 1.90 bits per heavy atom. The number of hydrogen-bond acceptors (Lipinski definition) is 2. The first-order valence-corrected chi connectivity index (χ1v) is 5.81. The Kier molecular flexibility index (Phi) is 5.22. The highest BCUT2D eigenvalue weighted by atomic mass is 127. The third kappa shape index (κ3) is 3.28. The minimum atomic E-state index is -0.564. The smallest absolute Gasteiger partial charge is 0.286 e. The number of rotatable bonds is 2. The van der Waals surface area contributed by atoms with Crippen LogP contribution < -0.4 is 0 Å². The molecule has 0 heterocycles. The fourth-order valence-electron chi connectivity index (χ4n) is 0.319. The van der Waals surface area contributed by atoms with Crippen molar-refractivity contribution < 1.29 is 10.2 Å². The largest absolute Gasteiger partial charge is 0.481 e. The molecule has 5 heteroatoms. The average molecular weight is 480 g/mol. The van der Waals surface area contributed by atoms with E-state index >= 15 is 0 Å². The van der Waals surface area contributed by atoms with Crippen LogP contribution in [0.5, 0.6) is 0 Å². The van der Waals surface area contributed by atoms with Crippen molar-refractivity contribution in [2.75, 3.05) is 0 Å². The lowest BCUT2D eigenvalue weighted by molar-refractivity contribution is 0.188. The van der Waals surface area contributed by atoms with E-state index in [-0.39, 0.29) is 1.43 Å². The minimum Gasteiger partial charge on any atom is -0.481 e.